The molecular weight excluding hydrogens is 244 g/mol. The van der Waals surface area contributed by atoms with Gasteiger partial charge in [0.1, 0.15) is 0 Å². The van der Waals surface area contributed by atoms with Gasteiger partial charge in [-0.3, -0.25) is 9.88 Å². The van der Waals surface area contributed by atoms with Crippen LogP contribution in [0.2, 0.25) is 0 Å². The molecule has 1 saturated heterocycles. The second kappa shape index (κ2) is 5.67. The molecule has 0 aliphatic carbocycles. The topological polar surface area (TPSA) is 62.7 Å². The zero-order chi connectivity index (χ0) is 13.9. The molecule has 1 N–H and O–H groups in total. The van der Waals surface area contributed by atoms with Crippen LogP contribution in [0, 0.1) is 0 Å². The van der Waals surface area contributed by atoms with Crippen LogP contribution in [0.1, 0.15) is 35.8 Å². The zero-order valence-corrected chi connectivity index (χ0v) is 11.4. The Bertz CT molecular complexity index is 464. The number of aromatic nitrogens is 1. The molecule has 104 valence electrons. The maximum absolute atomic E-state index is 11.2. The number of carbonyl (C=O) groups is 1. The van der Waals surface area contributed by atoms with Gasteiger partial charge in [0, 0.05) is 26.4 Å². The number of carboxylic acids is 1. The van der Waals surface area contributed by atoms with Gasteiger partial charge in [0.15, 0.2) is 0 Å². The van der Waals surface area contributed by atoms with E-state index in [-0.39, 0.29) is 11.2 Å². The normalized spacial score (nSPS) is 24.3. The zero-order valence-electron chi connectivity index (χ0n) is 11.4. The second-order valence-corrected chi connectivity index (χ2v) is 5.27. The van der Waals surface area contributed by atoms with E-state index in [4.69, 9.17) is 9.84 Å². The van der Waals surface area contributed by atoms with Crippen molar-refractivity contribution in [3.8, 4) is 0 Å². The molecule has 2 rings (SSSR count). The summed E-state index contributed by atoms with van der Waals surface area (Å²) in [4.78, 5) is 17.6. The Labute approximate surface area is 113 Å². The van der Waals surface area contributed by atoms with Crippen LogP contribution < -0.4 is 0 Å². The first-order valence-electron chi connectivity index (χ1n) is 6.49. The fourth-order valence-corrected chi connectivity index (χ4v) is 2.58. The van der Waals surface area contributed by atoms with Gasteiger partial charge in [-0.15, -0.1) is 0 Å². The number of methoxy groups -OCH3 is 1. The molecule has 0 saturated carbocycles. The highest BCUT2D eigenvalue weighted by molar-refractivity contribution is 5.88. The predicted molar refractivity (Wildman–Crippen MR) is 71.1 cm³/mol. The minimum Gasteiger partial charge on any atom is -0.478 e. The van der Waals surface area contributed by atoms with Gasteiger partial charge in [0.25, 0.3) is 0 Å². The van der Waals surface area contributed by atoms with Crippen molar-refractivity contribution >= 4 is 5.97 Å². The standard InChI is InChI=1S/C14H20N2O3/c1-14(19-2)6-4-8-16(10-14)9-12-11(13(17)18)5-3-7-15-12/h3,5,7H,4,6,8-10H2,1-2H3,(H,17,18). The highest BCUT2D eigenvalue weighted by Crippen LogP contribution is 2.25. The van der Waals surface area contributed by atoms with Crippen LogP contribution in [-0.2, 0) is 11.3 Å². The van der Waals surface area contributed by atoms with Gasteiger partial charge in [-0.25, -0.2) is 4.79 Å². The fourth-order valence-electron chi connectivity index (χ4n) is 2.58. The molecule has 5 heteroatoms. The van der Waals surface area contributed by atoms with Crippen LogP contribution in [0.3, 0.4) is 0 Å². The maximum Gasteiger partial charge on any atom is 0.337 e. The summed E-state index contributed by atoms with van der Waals surface area (Å²) in [6, 6.07) is 3.26. The molecule has 0 spiro atoms. The molecule has 1 fully saturated rings. The number of likely N-dealkylation sites (tertiary alicyclic amines) is 1. The molecule has 2 heterocycles. The summed E-state index contributed by atoms with van der Waals surface area (Å²) in [5, 5.41) is 9.16. The molecule has 5 nitrogen and oxygen atoms in total. The SMILES string of the molecule is COC1(C)CCCN(Cc2ncccc2C(=O)O)C1. The van der Waals surface area contributed by atoms with Crippen LogP contribution in [0.4, 0.5) is 0 Å². The molecule has 1 atom stereocenters. The summed E-state index contributed by atoms with van der Waals surface area (Å²) in [5.41, 5.74) is 0.763. The summed E-state index contributed by atoms with van der Waals surface area (Å²) >= 11 is 0. The number of ether oxygens (including phenoxy) is 1. The molecule has 1 aromatic rings. The predicted octanol–water partition coefficient (Wildman–Crippen LogP) is 1.78. The monoisotopic (exact) mass is 264 g/mol. The summed E-state index contributed by atoms with van der Waals surface area (Å²) in [6.07, 6.45) is 3.73. The Hall–Kier alpha value is -1.46. The number of hydrogen-bond acceptors (Lipinski definition) is 4. The Morgan fingerprint density at radius 2 is 2.42 bits per heavy atom. The third-order valence-corrected chi connectivity index (χ3v) is 3.72. The average molecular weight is 264 g/mol. The first-order chi connectivity index (χ1) is 9.04. The average Bonchev–Trinajstić information content (AvgIpc) is 2.39. The number of aromatic carboxylic acids is 1. The van der Waals surface area contributed by atoms with Crippen LogP contribution in [0.5, 0.6) is 0 Å². The highest BCUT2D eigenvalue weighted by atomic mass is 16.5. The Morgan fingerprint density at radius 3 is 3.11 bits per heavy atom. The molecule has 0 aromatic carbocycles. The molecule has 1 aromatic heterocycles. The van der Waals surface area contributed by atoms with Crippen LogP contribution in [0.25, 0.3) is 0 Å². The lowest BCUT2D eigenvalue weighted by Gasteiger charge is -2.39. The van der Waals surface area contributed by atoms with Crippen molar-refractivity contribution < 1.29 is 14.6 Å². The lowest BCUT2D eigenvalue weighted by atomic mass is 9.94. The van der Waals surface area contributed by atoms with E-state index < -0.39 is 5.97 Å². The van der Waals surface area contributed by atoms with Crippen molar-refractivity contribution in [3.63, 3.8) is 0 Å². The third-order valence-electron chi connectivity index (χ3n) is 3.72. The molecule has 1 aliphatic heterocycles. The van der Waals surface area contributed by atoms with Crippen LogP contribution in [0.15, 0.2) is 18.3 Å². The van der Waals surface area contributed by atoms with E-state index in [0.29, 0.717) is 12.2 Å². The molecule has 0 radical (unpaired) electrons. The first-order valence-corrected chi connectivity index (χ1v) is 6.49. The Morgan fingerprint density at radius 1 is 1.63 bits per heavy atom. The fraction of sp³-hybridized carbons (Fsp3) is 0.571. The Kier molecular flexibility index (Phi) is 4.17. The lowest BCUT2D eigenvalue weighted by Crippen LogP contribution is -2.47. The molecule has 1 aliphatic rings. The summed E-state index contributed by atoms with van der Waals surface area (Å²) in [7, 11) is 1.73. The number of pyridine rings is 1. The number of carboxylic acid groups (broad SMARTS) is 1. The first kappa shape index (κ1) is 14.0. The quantitative estimate of drug-likeness (QED) is 0.898. The number of piperidine rings is 1. The van der Waals surface area contributed by atoms with Gasteiger partial charge in [-0.1, -0.05) is 0 Å². The maximum atomic E-state index is 11.2. The minimum absolute atomic E-state index is 0.142. The second-order valence-electron chi connectivity index (χ2n) is 5.27. The lowest BCUT2D eigenvalue weighted by molar-refractivity contribution is -0.0529. The van der Waals surface area contributed by atoms with E-state index in [2.05, 4.69) is 16.8 Å². The van der Waals surface area contributed by atoms with Gasteiger partial charge in [-0.2, -0.15) is 0 Å². The van der Waals surface area contributed by atoms with Crippen molar-refractivity contribution in [2.24, 2.45) is 0 Å². The van der Waals surface area contributed by atoms with Crippen molar-refractivity contribution in [1.82, 2.24) is 9.88 Å². The minimum atomic E-state index is -0.922. The van der Waals surface area contributed by atoms with E-state index in [1.54, 1.807) is 25.4 Å². The van der Waals surface area contributed by atoms with Gasteiger partial charge in [0.05, 0.1) is 16.9 Å². The largest absolute Gasteiger partial charge is 0.478 e. The number of rotatable bonds is 4. The van der Waals surface area contributed by atoms with E-state index in [9.17, 15) is 4.79 Å². The van der Waals surface area contributed by atoms with Gasteiger partial charge < -0.3 is 9.84 Å². The van der Waals surface area contributed by atoms with Crippen molar-refractivity contribution in [2.75, 3.05) is 20.2 Å². The molecule has 0 bridgehead atoms. The molecular formula is C14H20N2O3. The van der Waals surface area contributed by atoms with Crippen molar-refractivity contribution in [1.29, 1.82) is 0 Å². The molecule has 1 unspecified atom stereocenters. The van der Waals surface area contributed by atoms with Gasteiger partial charge >= 0.3 is 5.97 Å². The third kappa shape index (κ3) is 3.30. The van der Waals surface area contributed by atoms with E-state index in [1.807, 2.05) is 0 Å². The smallest absolute Gasteiger partial charge is 0.337 e. The molecule has 0 amide bonds. The van der Waals surface area contributed by atoms with E-state index in [0.717, 1.165) is 25.9 Å². The highest BCUT2D eigenvalue weighted by Gasteiger charge is 2.31. The van der Waals surface area contributed by atoms with Gasteiger partial charge in [0.2, 0.25) is 0 Å². The van der Waals surface area contributed by atoms with Crippen LogP contribution >= 0.6 is 0 Å². The van der Waals surface area contributed by atoms with E-state index >= 15 is 0 Å². The van der Waals surface area contributed by atoms with Gasteiger partial charge in [-0.05, 0) is 38.4 Å². The summed E-state index contributed by atoms with van der Waals surface area (Å²) in [5.74, 6) is -0.922. The number of nitrogens with zero attached hydrogens (tertiary/aromatic N) is 2. The Balaban J connectivity index is 2.11. The van der Waals surface area contributed by atoms with Crippen LogP contribution in [-0.4, -0.2) is 46.8 Å². The van der Waals surface area contributed by atoms with E-state index in [1.165, 1.54) is 0 Å². The molecule has 19 heavy (non-hydrogen) atoms. The summed E-state index contributed by atoms with van der Waals surface area (Å²) < 4.78 is 5.55. The number of hydrogen-bond donors (Lipinski definition) is 1. The van der Waals surface area contributed by atoms with Crippen molar-refractivity contribution in [2.45, 2.75) is 31.9 Å². The summed E-state index contributed by atoms with van der Waals surface area (Å²) in [6.45, 7) is 4.41. The van der Waals surface area contributed by atoms with Crippen molar-refractivity contribution in [3.05, 3.63) is 29.6 Å².